The molecule has 4 rings (SSSR count). The Kier molecular flexibility index (Phi) is 5.52. The predicted octanol–water partition coefficient (Wildman–Crippen LogP) is 1.73. The second kappa shape index (κ2) is 7.98. The molecule has 0 unspecified atom stereocenters. The number of aliphatic hydroxyl groups excluding tert-OH is 2. The van der Waals surface area contributed by atoms with Crippen LogP contribution in [0.1, 0.15) is 55.1 Å². The van der Waals surface area contributed by atoms with Crippen molar-refractivity contribution < 1.29 is 39.6 Å². The molecule has 3 aliphatic carbocycles. The number of aliphatic hydroxyl groups is 3. The van der Waals surface area contributed by atoms with E-state index in [1.54, 1.807) is 13.0 Å². The number of amides is 1. The van der Waals surface area contributed by atoms with Gasteiger partial charge in [0.05, 0.1) is 11.3 Å². The molecule has 0 saturated heterocycles. The molecule has 0 bridgehead atoms. The van der Waals surface area contributed by atoms with Gasteiger partial charge < -0.3 is 31.0 Å². The predicted molar refractivity (Wildman–Crippen MR) is 119 cm³/mol. The summed E-state index contributed by atoms with van der Waals surface area (Å²) in [5.74, 6) is -6.57. The lowest BCUT2D eigenvalue weighted by atomic mass is 9.60. The average molecular weight is 470 g/mol. The number of carbonyl (C=O) groups excluding carboxylic acids is 3. The molecule has 1 amide bonds. The smallest absolute Gasteiger partial charge is 0.255 e. The van der Waals surface area contributed by atoms with Crippen molar-refractivity contribution in [1.82, 2.24) is 0 Å². The second-order valence-corrected chi connectivity index (χ2v) is 9.23. The zero-order chi connectivity index (χ0) is 25.1. The van der Waals surface area contributed by atoms with Crippen LogP contribution in [0.25, 0.3) is 0 Å². The molecule has 10 heteroatoms. The van der Waals surface area contributed by atoms with Crippen molar-refractivity contribution in [2.45, 2.75) is 51.7 Å². The number of oxime groups is 1. The third-order valence-corrected chi connectivity index (χ3v) is 6.74. The number of allylic oxidation sites excluding steroid dienone is 2. The molecular weight excluding hydrogens is 444 g/mol. The first-order chi connectivity index (χ1) is 15.9. The van der Waals surface area contributed by atoms with E-state index in [4.69, 9.17) is 10.6 Å². The van der Waals surface area contributed by atoms with Crippen LogP contribution in [0.3, 0.4) is 0 Å². The molecule has 0 radical (unpaired) electrons. The number of phenolic OH excluding ortho intramolecular Hbond substituents is 1. The van der Waals surface area contributed by atoms with Gasteiger partial charge in [0.15, 0.2) is 11.4 Å². The summed E-state index contributed by atoms with van der Waals surface area (Å²) < 4.78 is 0. The Morgan fingerprint density at radius 1 is 1.21 bits per heavy atom. The van der Waals surface area contributed by atoms with E-state index in [-0.39, 0.29) is 42.3 Å². The first-order valence-corrected chi connectivity index (χ1v) is 10.9. The Labute approximate surface area is 195 Å². The first-order valence-electron chi connectivity index (χ1n) is 10.9. The van der Waals surface area contributed by atoms with Crippen molar-refractivity contribution in [3.63, 3.8) is 0 Å². The molecule has 0 saturated carbocycles. The number of hydrogen-bond acceptors (Lipinski definition) is 9. The summed E-state index contributed by atoms with van der Waals surface area (Å²) in [6.07, 6.45) is -0.170. The number of carbonyl (C=O) groups is 3. The fraction of sp³-hybridized carbons (Fsp3) is 0.417. The zero-order valence-corrected chi connectivity index (χ0v) is 19.0. The van der Waals surface area contributed by atoms with Gasteiger partial charge in [-0.1, -0.05) is 5.16 Å². The van der Waals surface area contributed by atoms with Crippen molar-refractivity contribution in [3.8, 4) is 5.75 Å². The number of fused-ring (bicyclic) bond motifs is 3. The van der Waals surface area contributed by atoms with Crippen LogP contribution >= 0.6 is 0 Å². The van der Waals surface area contributed by atoms with Gasteiger partial charge in [-0.3, -0.25) is 14.4 Å². The Morgan fingerprint density at radius 2 is 1.88 bits per heavy atom. The molecule has 10 nitrogen and oxygen atoms in total. The molecule has 180 valence electrons. The molecule has 0 aromatic heterocycles. The minimum absolute atomic E-state index is 0.0618. The molecule has 1 aromatic carbocycles. The quantitative estimate of drug-likeness (QED) is 0.251. The van der Waals surface area contributed by atoms with Crippen LogP contribution in [0.5, 0.6) is 5.75 Å². The standard InChI is InChI=1S/C24H26N2O8/c1-9(2)34-26-10(3)13-4-5-15(27)18-14(13)7-11-6-12-8-16(28)19(23(25)32)22(31)24(12,33)21(30)17(11)20(18)29/h4-5,9,11-12,27-28,30,33H,6-8H2,1-3H3,(H2,25,32)/b26-10-/t11-,12+,24+/m1/s1. The van der Waals surface area contributed by atoms with E-state index < -0.39 is 52.0 Å². The van der Waals surface area contributed by atoms with Crippen molar-refractivity contribution >= 4 is 23.2 Å². The minimum Gasteiger partial charge on any atom is -0.511 e. The van der Waals surface area contributed by atoms with E-state index in [0.717, 1.165) is 0 Å². The summed E-state index contributed by atoms with van der Waals surface area (Å²) >= 11 is 0. The largest absolute Gasteiger partial charge is 0.511 e. The van der Waals surface area contributed by atoms with E-state index in [1.807, 2.05) is 13.8 Å². The molecule has 0 fully saturated rings. The maximum atomic E-state index is 13.5. The van der Waals surface area contributed by atoms with Crippen molar-refractivity contribution in [2.24, 2.45) is 22.7 Å². The second-order valence-electron chi connectivity index (χ2n) is 9.23. The minimum atomic E-state index is -2.58. The number of Topliss-reactive ketones (excluding diaryl/α,β-unsaturated/α-hetero) is 2. The van der Waals surface area contributed by atoms with Crippen molar-refractivity contribution in [2.75, 3.05) is 0 Å². The number of ketones is 2. The fourth-order valence-corrected chi connectivity index (χ4v) is 5.19. The van der Waals surface area contributed by atoms with Gasteiger partial charge in [0, 0.05) is 23.5 Å². The van der Waals surface area contributed by atoms with Crippen LogP contribution in [0.2, 0.25) is 0 Å². The maximum absolute atomic E-state index is 13.5. The summed E-state index contributed by atoms with van der Waals surface area (Å²) in [6.45, 7) is 5.33. The van der Waals surface area contributed by atoms with Crippen molar-refractivity contribution in [3.05, 3.63) is 51.5 Å². The third-order valence-electron chi connectivity index (χ3n) is 6.74. The van der Waals surface area contributed by atoms with E-state index in [2.05, 4.69) is 5.16 Å². The Bertz CT molecular complexity index is 1230. The number of primary amides is 1. The van der Waals surface area contributed by atoms with E-state index in [9.17, 15) is 34.8 Å². The Balaban J connectivity index is 1.87. The van der Waals surface area contributed by atoms with Gasteiger partial charge in [-0.25, -0.2) is 0 Å². The lowest BCUT2D eigenvalue weighted by molar-refractivity contribution is -0.144. The monoisotopic (exact) mass is 470 g/mol. The SMILES string of the molecule is C/C(=N/OC(C)C)c1ccc(O)c2c1C[C@H]1C[C@H]3CC(O)=C(C(N)=O)C(=O)[C@@]3(O)C(O)=C1C2=O. The number of benzene rings is 1. The summed E-state index contributed by atoms with van der Waals surface area (Å²) in [6, 6.07) is 2.95. The van der Waals surface area contributed by atoms with E-state index >= 15 is 0 Å². The summed E-state index contributed by atoms with van der Waals surface area (Å²) in [5.41, 5.74) is 3.13. The molecule has 6 N–H and O–H groups in total. The Hall–Kier alpha value is -3.66. The van der Waals surface area contributed by atoms with Crippen LogP contribution in [-0.2, 0) is 20.8 Å². The van der Waals surface area contributed by atoms with Gasteiger partial charge >= 0.3 is 0 Å². The first kappa shape index (κ1) is 23.5. The highest BCUT2D eigenvalue weighted by Crippen LogP contribution is 2.51. The van der Waals surface area contributed by atoms with Crippen LogP contribution in [-0.4, -0.2) is 55.3 Å². The maximum Gasteiger partial charge on any atom is 0.255 e. The summed E-state index contributed by atoms with van der Waals surface area (Å²) in [7, 11) is 0. The third kappa shape index (κ3) is 3.28. The van der Waals surface area contributed by atoms with Crippen LogP contribution in [0.4, 0.5) is 0 Å². The molecule has 0 heterocycles. The van der Waals surface area contributed by atoms with Gasteiger partial charge in [0.2, 0.25) is 5.78 Å². The lowest BCUT2D eigenvalue weighted by Gasteiger charge is -2.45. The molecule has 1 aromatic rings. The van der Waals surface area contributed by atoms with Crippen molar-refractivity contribution in [1.29, 1.82) is 0 Å². The van der Waals surface area contributed by atoms with Crippen LogP contribution in [0, 0.1) is 11.8 Å². The normalized spacial score (nSPS) is 26.9. The molecular formula is C24H26N2O8. The molecule has 34 heavy (non-hydrogen) atoms. The molecule has 0 spiro atoms. The van der Waals surface area contributed by atoms with Gasteiger partial charge in [-0.05, 0) is 57.2 Å². The highest BCUT2D eigenvalue weighted by atomic mass is 16.6. The Morgan fingerprint density at radius 3 is 2.50 bits per heavy atom. The average Bonchev–Trinajstić information content (AvgIpc) is 2.74. The van der Waals surface area contributed by atoms with Crippen LogP contribution in [0.15, 0.2) is 40.0 Å². The van der Waals surface area contributed by atoms with E-state index in [1.165, 1.54) is 6.07 Å². The molecule has 0 aliphatic heterocycles. The fourth-order valence-electron chi connectivity index (χ4n) is 5.19. The van der Waals surface area contributed by atoms with Gasteiger partial charge in [-0.2, -0.15) is 0 Å². The summed E-state index contributed by atoms with van der Waals surface area (Å²) in [4.78, 5) is 43.5. The van der Waals surface area contributed by atoms with E-state index in [0.29, 0.717) is 16.8 Å². The molecule has 3 aliphatic rings. The van der Waals surface area contributed by atoms with Crippen LogP contribution < -0.4 is 5.73 Å². The summed E-state index contributed by atoms with van der Waals surface area (Å²) in [5, 5.41) is 47.1. The number of nitrogens with zero attached hydrogens (tertiary/aromatic N) is 1. The topological polar surface area (TPSA) is 180 Å². The number of aromatic hydroxyl groups is 1. The number of rotatable bonds is 4. The number of hydrogen-bond donors (Lipinski definition) is 5. The lowest BCUT2D eigenvalue weighted by Crippen LogP contribution is -2.57. The number of phenols is 1. The van der Waals surface area contributed by atoms with Gasteiger partial charge in [-0.15, -0.1) is 0 Å². The van der Waals surface area contributed by atoms with Gasteiger partial charge in [0.25, 0.3) is 5.91 Å². The van der Waals surface area contributed by atoms with Gasteiger partial charge in [0.1, 0.15) is 28.9 Å². The molecule has 3 atom stereocenters. The highest BCUT2D eigenvalue weighted by molar-refractivity contribution is 6.24. The zero-order valence-electron chi connectivity index (χ0n) is 19.0. The highest BCUT2D eigenvalue weighted by Gasteiger charge is 2.59. The number of nitrogens with two attached hydrogens (primary N) is 1.